The van der Waals surface area contributed by atoms with Crippen LogP contribution in [0, 0.1) is 19.8 Å². The van der Waals surface area contributed by atoms with E-state index in [-0.39, 0.29) is 19.0 Å². The number of esters is 1. The van der Waals surface area contributed by atoms with Crippen LogP contribution >= 0.6 is 0 Å². The van der Waals surface area contributed by atoms with Crippen LogP contribution in [0.25, 0.3) is 0 Å². The minimum atomic E-state index is -3.62. The van der Waals surface area contributed by atoms with E-state index in [0.717, 1.165) is 16.9 Å². The summed E-state index contributed by atoms with van der Waals surface area (Å²) in [7, 11) is -2.04. The zero-order chi connectivity index (χ0) is 24.9. The monoisotopic (exact) mass is 488 g/mol. The van der Waals surface area contributed by atoms with E-state index >= 15 is 0 Å². The van der Waals surface area contributed by atoms with Gasteiger partial charge in [-0.2, -0.15) is 4.31 Å². The van der Waals surface area contributed by atoms with Crippen LogP contribution in [0.1, 0.15) is 36.5 Å². The number of carbonyl (C=O) groups excluding carboxylic acids is 2. The predicted molar refractivity (Wildman–Crippen MR) is 128 cm³/mol. The number of rotatable bonds is 8. The van der Waals surface area contributed by atoms with Crippen molar-refractivity contribution in [3.05, 3.63) is 59.2 Å². The van der Waals surface area contributed by atoms with Gasteiger partial charge in [0.25, 0.3) is 5.91 Å². The highest BCUT2D eigenvalue weighted by Gasteiger charge is 2.34. The smallest absolute Gasteiger partial charge is 0.309 e. The van der Waals surface area contributed by atoms with Gasteiger partial charge in [-0.05, 0) is 62.9 Å². The number of ether oxygens (including phenoxy) is 2. The molecular weight excluding hydrogens is 456 g/mol. The summed E-state index contributed by atoms with van der Waals surface area (Å²) in [6.07, 6.45) is -0.241. The molecule has 0 bridgehead atoms. The summed E-state index contributed by atoms with van der Waals surface area (Å²) in [6.45, 7) is 5.99. The second kappa shape index (κ2) is 11.0. The van der Waals surface area contributed by atoms with Gasteiger partial charge in [0, 0.05) is 19.6 Å². The molecule has 9 heteroatoms. The lowest BCUT2D eigenvalue weighted by Gasteiger charge is -2.31. The fourth-order valence-electron chi connectivity index (χ4n) is 3.96. The third kappa shape index (κ3) is 6.15. The Morgan fingerprint density at radius 2 is 1.74 bits per heavy atom. The summed E-state index contributed by atoms with van der Waals surface area (Å²) in [5.41, 5.74) is 2.60. The Kier molecular flexibility index (Phi) is 8.33. The molecule has 0 spiro atoms. The minimum absolute atomic E-state index is 0.230. The standard InChI is InChI=1S/C25H32N2O6S/c1-17-5-10-23(18(2)15-17)34(30,31)27-13-11-21(12-14-27)25(29)33-19(3)24(28)26-16-20-6-8-22(32-4)9-7-20/h5-10,15,19,21H,11-14,16H2,1-4H3,(H,26,28)/t19-/m0/s1. The fourth-order valence-corrected chi connectivity index (χ4v) is 5.64. The molecule has 1 heterocycles. The SMILES string of the molecule is COc1ccc(CNC(=O)[C@H](C)OC(=O)C2CCN(S(=O)(=O)c3ccc(C)cc3C)CC2)cc1. The van der Waals surface area contributed by atoms with Gasteiger partial charge in [-0.25, -0.2) is 8.42 Å². The zero-order valence-electron chi connectivity index (χ0n) is 20.0. The predicted octanol–water partition coefficient (Wildman–Crippen LogP) is 2.96. The van der Waals surface area contributed by atoms with Gasteiger partial charge < -0.3 is 14.8 Å². The summed E-state index contributed by atoms with van der Waals surface area (Å²) in [5, 5.41) is 2.75. The highest BCUT2D eigenvalue weighted by molar-refractivity contribution is 7.89. The van der Waals surface area contributed by atoms with Gasteiger partial charge >= 0.3 is 5.97 Å². The first-order chi connectivity index (χ1) is 16.1. The van der Waals surface area contributed by atoms with Crippen LogP contribution in [0.2, 0.25) is 0 Å². The number of hydrogen-bond acceptors (Lipinski definition) is 6. The Morgan fingerprint density at radius 3 is 2.32 bits per heavy atom. The van der Waals surface area contributed by atoms with Crippen LogP contribution in [-0.4, -0.2) is 50.9 Å². The molecule has 3 rings (SSSR count). The number of methoxy groups -OCH3 is 1. The fraction of sp³-hybridized carbons (Fsp3) is 0.440. The molecule has 0 aromatic heterocycles. The lowest BCUT2D eigenvalue weighted by Crippen LogP contribution is -2.42. The molecule has 2 aromatic carbocycles. The quantitative estimate of drug-likeness (QED) is 0.573. The molecule has 1 amide bonds. The third-order valence-electron chi connectivity index (χ3n) is 6.02. The van der Waals surface area contributed by atoms with E-state index in [1.807, 2.05) is 25.1 Å². The van der Waals surface area contributed by atoms with Crippen molar-refractivity contribution >= 4 is 21.9 Å². The molecule has 1 aliphatic heterocycles. The third-order valence-corrected chi connectivity index (χ3v) is 8.08. The Bertz CT molecular complexity index is 1120. The van der Waals surface area contributed by atoms with Crippen molar-refractivity contribution in [2.75, 3.05) is 20.2 Å². The van der Waals surface area contributed by atoms with Gasteiger partial charge in [-0.3, -0.25) is 9.59 Å². The van der Waals surface area contributed by atoms with Crippen molar-refractivity contribution < 1.29 is 27.5 Å². The molecule has 0 aliphatic carbocycles. The minimum Gasteiger partial charge on any atom is -0.497 e. The molecule has 2 aromatic rings. The molecule has 184 valence electrons. The number of nitrogens with zero attached hydrogens (tertiary/aromatic N) is 1. The van der Waals surface area contributed by atoms with Crippen molar-refractivity contribution in [2.24, 2.45) is 5.92 Å². The average Bonchev–Trinajstić information content (AvgIpc) is 2.82. The molecule has 1 N–H and O–H groups in total. The number of amides is 1. The van der Waals surface area contributed by atoms with E-state index in [1.165, 1.54) is 11.2 Å². The Balaban J connectivity index is 1.49. The van der Waals surface area contributed by atoms with E-state index in [4.69, 9.17) is 9.47 Å². The summed E-state index contributed by atoms with van der Waals surface area (Å²) in [5.74, 6) is -0.581. The van der Waals surface area contributed by atoms with Crippen LogP contribution in [0.5, 0.6) is 5.75 Å². The van der Waals surface area contributed by atoms with E-state index in [9.17, 15) is 18.0 Å². The molecule has 1 atom stereocenters. The number of sulfonamides is 1. The molecular formula is C25H32N2O6S. The van der Waals surface area contributed by atoms with Crippen LogP contribution in [0.15, 0.2) is 47.4 Å². The average molecular weight is 489 g/mol. The maximum atomic E-state index is 13.0. The normalized spacial score (nSPS) is 16.0. The lowest BCUT2D eigenvalue weighted by atomic mass is 9.98. The number of carbonyl (C=O) groups is 2. The first-order valence-electron chi connectivity index (χ1n) is 11.3. The summed E-state index contributed by atoms with van der Waals surface area (Å²) in [4.78, 5) is 25.2. The van der Waals surface area contributed by atoms with Gasteiger partial charge in [0.05, 0.1) is 17.9 Å². The van der Waals surface area contributed by atoms with Gasteiger partial charge in [0.2, 0.25) is 10.0 Å². The second-order valence-corrected chi connectivity index (χ2v) is 10.5. The Morgan fingerprint density at radius 1 is 1.09 bits per heavy atom. The molecule has 0 saturated carbocycles. The van der Waals surface area contributed by atoms with Gasteiger partial charge in [0.1, 0.15) is 5.75 Å². The van der Waals surface area contributed by atoms with E-state index in [2.05, 4.69) is 5.32 Å². The van der Waals surface area contributed by atoms with Crippen LogP contribution < -0.4 is 10.1 Å². The largest absolute Gasteiger partial charge is 0.497 e. The highest BCUT2D eigenvalue weighted by atomic mass is 32.2. The summed E-state index contributed by atoms with van der Waals surface area (Å²) >= 11 is 0. The van der Waals surface area contributed by atoms with Gasteiger partial charge in [0.15, 0.2) is 6.10 Å². The number of nitrogens with one attached hydrogen (secondary N) is 1. The topological polar surface area (TPSA) is 102 Å². The first-order valence-corrected chi connectivity index (χ1v) is 12.7. The van der Waals surface area contributed by atoms with Gasteiger partial charge in [-0.1, -0.05) is 29.8 Å². The van der Waals surface area contributed by atoms with E-state index < -0.39 is 28.0 Å². The summed E-state index contributed by atoms with van der Waals surface area (Å²) < 4.78 is 38.0. The molecule has 34 heavy (non-hydrogen) atoms. The van der Waals surface area contributed by atoms with Crippen molar-refractivity contribution in [1.82, 2.24) is 9.62 Å². The lowest BCUT2D eigenvalue weighted by molar-refractivity contribution is -0.159. The van der Waals surface area contributed by atoms with E-state index in [0.29, 0.717) is 29.8 Å². The second-order valence-electron chi connectivity index (χ2n) is 8.59. The van der Waals surface area contributed by atoms with Crippen molar-refractivity contribution in [3.8, 4) is 5.75 Å². The number of piperidine rings is 1. The molecule has 8 nitrogen and oxygen atoms in total. The van der Waals surface area contributed by atoms with E-state index in [1.54, 1.807) is 38.3 Å². The van der Waals surface area contributed by atoms with Gasteiger partial charge in [-0.15, -0.1) is 0 Å². The van der Waals surface area contributed by atoms with Crippen LogP contribution in [0.4, 0.5) is 0 Å². The number of aryl methyl sites for hydroxylation is 2. The maximum absolute atomic E-state index is 13.0. The molecule has 1 aliphatic rings. The molecule has 0 unspecified atom stereocenters. The highest BCUT2D eigenvalue weighted by Crippen LogP contribution is 2.27. The Hall–Kier alpha value is -2.91. The van der Waals surface area contributed by atoms with Crippen molar-refractivity contribution in [3.63, 3.8) is 0 Å². The molecule has 1 saturated heterocycles. The zero-order valence-corrected chi connectivity index (χ0v) is 20.9. The number of benzene rings is 2. The maximum Gasteiger partial charge on any atom is 0.309 e. The summed E-state index contributed by atoms with van der Waals surface area (Å²) in [6, 6.07) is 12.6. The molecule has 1 fully saturated rings. The number of hydrogen-bond donors (Lipinski definition) is 1. The van der Waals surface area contributed by atoms with Crippen LogP contribution in [0.3, 0.4) is 0 Å². The van der Waals surface area contributed by atoms with Crippen molar-refractivity contribution in [2.45, 2.75) is 51.2 Å². The van der Waals surface area contributed by atoms with Crippen molar-refractivity contribution in [1.29, 1.82) is 0 Å². The Labute approximate surface area is 201 Å². The van der Waals surface area contributed by atoms with Crippen LogP contribution in [-0.2, 0) is 30.9 Å². The molecule has 0 radical (unpaired) electrons. The first kappa shape index (κ1) is 25.7.